The molecule has 0 saturated carbocycles. The highest BCUT2D eigenvalue weighted by atomic mass is 19.1. The van der Waals surface area contributed by atoms with Crippen LogP contribution in [0.25, 0.3) is 0 Å². The molecule has 0 radical (unpaired) electrons. The van der Waals surface area contributed by atoms with Gasteiger partial charge in [0, 0.05) is 18.1 Å². The van der Waals surface area contributed by atoms with Gasteiger partial charge in [-0.3, -0.25) is 4.79 Å². The molecule has 0 bridgehead atoms. The minimum atomic E-state index is -0.426. The van der Waals surface area contributed by atoms with Crippen molar-refractivity contribution in [1.29, 1.82) is 0 Å². The maximum Gasteiger partial charge on any atom is 0.220 e. The molecule has 1 aromatic carbocycles. The number of amides is 1. The third-order valence-corrected chi connectivity index (χ3v) is 4.59. The van der Waals surface area contributed by atoms with Crippen LogP contribution < -0.4 is 20.1 Å². The fourth-order valence-corrected chi connectivity index (χ4v) is 3.10. The lowest BCUT2D eigenvalue weighted by Gasteiger charge is -2.23. The van der Waals surface area contributed by atoms with Gasteiger partial charge in [0.2, 0.25) is 5.91 Å². The summed E-state index contributed by atoms with van der Waals surface area (Å²) in [5.41, 5.74) is 0.392. The first-order valence-corrected chi connectivity index (χ1v) is 8.46. The first kappa shape index (κ1) is 18.5. The molecule has 1 fully saturated rings. The molecule has 1 atom stereocenters. The van der Waals surface area contributed by atoms with Crippen molar-refractivity contribution in [2.45, 2.75) is 38.6 Å². The molecule has 1 amide bonds. The third kappa shape index (κ3) is 4.84. The number of carbonyl (C=O) groups is 1. The molecule has 0 aliphatic carbocycles. The lowest BCUT2D eigenvalue weighted by atomic mass is 9.93. The molecule has 1 aliphatic heterocycles. The van der Waals surface area contributed by atoms with Crippen molar-refractivity contribution in [3.8, 4) is 11.5 Å². The molecule has 6 heteroatoms. The molecule has 1 unspecified atom stereocenters. The number of methoxy groups -OCH3 is 2. The topological polar surface area (TPSA) is 59.6 Å². The second kappa shape index (κ2) is 8.87. The fraction of sp³-hybridized carbons (Fsp3) is 0.611. The number of ether oxygens (including phenoxy) is 2. The Hall–Kier alpha value is -1.82. The van der Waals surface area contributed by atoms with Crippen LogP contribution >= 0.6 is 0 Å². The van der Waals surface area contributed by atoms with Crippen LogP contribution in [-0.2, 0) is 4.79 Å². The fourth-order valence-electron chi connectivity index (χ4n) is 3.10. The van der Waals surface area contributed by atoms with Crippen LogP contribution in [0.15, 0.2) is 12.1 Å². The maximum atomic E-state index is 14.2. The number of hydrogen-bond donors (Lipinski definition) is 2. The molecule has 24 heavy (non-hydrogen) atoms. The van der Waals surface area contributed by atoms with Crippen molar-refractivity contribution in [3.63, 3.8) is 0 Å². The maximum absolute atomic E-state index is 14.2. The van der Waals surface area contributed by atoms with E-state index in [0.29, 0.717) is 29.4 Å². The minimum absolute atomic E-state index is 0.0461. The van der Waals surface area contributed by atoms with Crippen LogP contribution in [0.4, 0.5) is 4.39 Å². The van der Waals surface area contributed by atoms with Gasteiger partial charge in [0.15, 0.2) is 11.5 Å². The number of halogens is 1. The molecular weight excluding hydrogens is 311 g/mol. The molecule has 1 aromatic rings. The van der Waals surface area contributed by atoms with E-state index in [1.54, 1.807) is 13.0 Å². The Balaban J connectivity index is 1.93. The number of rotatable bonds is 7. The zero-order valence-corrected chi connectivity index (χ0v) is 14.7. The Bertz CT molecular complexity index is 559. The van der Waals surface area contributed by atoms with E-state index >= 15 is 0 Å². The van der Waals surface area contributed by atoms with Crippen LogP contribution in [0.5, 0.6) is 11.5 Å². The molecule has 1 saturated heterocycles. The molecule has 1 heterocycles. The van der Waals surface area contributed by atoms with E-state index < -0.39 is 11.9 Å². The minimum Gasteiger partial charge on any atom is -0.493 e. The van der Waals surface area contributed by atoms with Crippen LogP contribution in [-0.4, -0.2) is 33.2 Å². The molecule has 0 spiro atoms. The van der Waals surface area contributed by atoms with Crippen LogP contribution in [0, 0.1) is 11.7 Å². The summed E-state index contributed by atoms with van der Waals surface area (Å²) in [4.78, 5) is 12.2. The van der Waals surface area contributed by atoms with Crippen LogP contribution in [0.3, 0.4) is 0 Å². The molecule has 2 rings (SSSR count). The predicted molar refractivity (Wildman–Crippen MR) is 90.9 cm³/mol. The Morgan fingerprint density at radius 1 is 1.29 bits per heavy atom. The van der Waals surface area contributed by atoms with E-state index in [2.05, 4.69) is 10.6 Å². The summed E-state index contributed by atoms with van der Waals surface area (Å²) in [6.45, 7) is 3.83. The van der Waals surface area contributed by atoms with Gasteiger partial charge < -0.3 is 20.1 Å². The number of nitrogens with one attached hydrogen (secondary N) is 2. The van der Waals surface area contributed by atoms with Gasteiger partial charge >= 0.3 is 0 Å². The summed E-state index contributed by atoms with van der Waals surface area (Å²) in [7, 11) is 2.96. The zero-order chi connectivity index (χ0) is 17.5. The van der Waals surface area contributed by atoms with Crippen LogP contribution in [0.2, 0.25) is 0 Å². The van der Waals surface area contributed by atoms with Crippen molar-refractivity contribution >= 4 is 5.91 Å². The quantitative estimate of drug-likeness (QED) is 0.803. The van der Waals surface area contributed by atoms with Crippen molar-refractivity contribution < 1.29 is 18.7 Å². The molecule has 5 nitrogen and oxygen atoms in total. The normalized spacial score (nSPS) is 16.5. The summed E-state index contributed by atoms with van der Waals surface area (Å²) in [6, 6.07) is 2.43. The van der Waals surface area contributed by atoms with Crippen molar-refractivity contribution in [2.24, 2.45) is 5.92 Å². The van der Waals surface area contributed by atoms with Gasteiger partial charge in [0.1, 0.15) is 5.82 Å². The Morgan fingerprint density at radius 2 is 1.92 bits per heavy atom. The van der Waals surface area contributed by atoms with Gasteiger partial charge in [-0.1, -0.05) is 0 Å². The van der Waals surface area contributed by atoms with E-state index in [1.165, 1.54) is 20.3 Å². The SMILES string of the molecule is COc1cc(F)c(C(C)NC(=O)CCC2CCNCC2)cc1OC. The Morgan fingerprint density at radius 3 is 2.54 bits per heavy atom. The summed E-state index contributed by atoms with van der Waals surface area (Å²) in [6.07, 6.45) is 3.60. The lowest BCUT2D eigenvalue weighted by molar-refractivity contribution is -0.122. The average molecular weight is 338 g/mol. The highest BCUT2D eigenvalue weighted by Crippen LogP contribution is 2.32. The van der Waals surface area contributed by atoms with Crippen molar-refractivity contribution in [1.82, 2.24) is 10.6 Å². The average Bonchev–Trinajstić information content (AvgIpc) is 2.60. The van der Waals surface area contributed by atoms with Gasteiger partial charge in [-0.05, 0) is 51.3 Å². The summed E-state index contributed by atoms with van der Waals surface area (Å²) < 4.78 is 24.5. The third-order valence-electron chi connectivity index (χ3n) is 4.59. The number of benzene rings is 1. The number of carbonyl (C=O) groups excluding carboxylic acids is 1. The number of piperidine rings is 1. The van der Waals surface area contributed by atoms with Gasteiger partial charge in [0.05, 0.1) is 20.3 Å². The van der Waals surface area contributed by atoms with Gasteiger partial charge in [0.25, 0.3) is 0 Å². The molecule has 134 valence electrons. The highest BCUT2D eigenvalue weighted by molar-refractivity contribution is 5.76. The van der Waals surface area contributed by atoms with E-state index in [1.807, 2.05) is 0 Å². The van der Waals surface area contributed by atoms with Gasteiger partial charge in [-0.15, -0.1) is 0 Å². The monoisotopic (exact) mass is 338 g/mol. The van der Waals surface area contributed by atoms with E-state index in [-0.39, 0.29) is 5.91 Å². The largest absolute Gasteiger partial charge is 0.493 e. The summed E-state index contributed by atoms with van der Waals surface area (Å²) >= 11 is 0. The van der Waals surface area contributed by atoms with E-state index in [0.717, 1.165) is 32.4 Å². The first-order valence-electron chi connectivity index (χ1n) is 8.46. The first-order chi connectivity index (χ1) is 11.5. The van der Waals surface area contributed by atoms with Crippen molar-refractivity contribution in [2.75, 3.05) is 27.3 Å². The molecular formula is C18H27FN2O3. The Labute approximate surface area is 142 Å². The van der Waals surface area contributed by atoms with E-state index in [9.17, 15) is 9.18 Å². The second-order valence-electron chi connectivity index (χ2n) is 6.25. The summed E-state index contributed by atoms with van der Waals surface area (Å²) in [5, 5.41) is 6.19. The predicted octanol–water partition coefficient (Wildman–Crippen LogP) is 2.80. The Kier molecular flexibility index (Phi) is 6.85. The number of hydrogen-bond acceptors (Lipinski definition) is 4. The van der Waals surface area contributed by atoms with E-state index in [4.69, 9.17) is 9.47 Å². The van der Waals surface area contributed by atoms with Gasteiger partial charge in [-0.2, -0.15) is 0 Å². The van der Waals surface area contributed by atoms with Crippen LogP contribution in [0.1, 0.15) is 44.2 Å². The van der Waals surface area contributed by atoms with Crippen molar-refractivity contribution in [3.05, 3.63) is 23.5 Å². The molecule has 2 N–H and O–H groups in total. The summed E-state index contributed by atoms with van der Waals surface area (Å²) in [5.74, 6) is 0.923. The highest BCUT2D eigenvalue weighted by Gasteiger charge is 2.19. The van der Waals surface area contributed by atoms with Gasteiger partial charge in [-0.25, -0.2) is 4.39 Å². The smallest absolute Gasteiger partial charge is 0.220 e. The zero-order valence-electron chi connectivity index (χ0n) is 14.7. The second-order valence-corrected chi connectivity index (χ2v) is 6.25. The lowest BCUT2D eigenvalue weighted by Crippen LogP contribution is -2.30. The molecule has 0 aromatic heterocycles. The molecule has 1 aliphatic rings. The standard InChI is InChI=1S/C18H27FN2O3/c1-12(14-10-16(23-2)17(24-3)11-15(14)19)21-18(22)5-4-13-6-8-20-9-7-13/h10-13,20H,4-9H2,1-3H3,(H,21,22).